The van der Waals surface area contributed by atoms with Gasteiger partial charge in [-0.05, 0) is 30.2 Å². The highest BCUT2D eigenvalue weighted by molar-refractivity contribution is 5.78. The fourth-order valence-electron chi connectivity index (χ4n) is 2.75. The molecule has 1 N–H and O–H groups in total. The minimum Gasteiger partial charge on any atom is -0.355 e. The van der Waals surface area contributed by atoms with Crippen molar-refractivity contribution in [1.82, 2.24) is 19.9 Å². The average molecular weight is 334 g/mol. The van der Waals surface area contributed by atoms with Crippen molar-refractivity contribution in [3.8, 4) is 0 Å². The molecule has 0 saturated heterocycles. The van der Waals surface area contributed by atoms with E-state index in [0.717, 1.165) is 23.6 Å². The second-order valence-electron chi connectivity index (χ2n) is 6.02. The highest BCUT2D eigenvalue weighted by atomic mass is 16.1. The highest BCUT2D eigenvalue weighted by Gasteiger charge is 2.09. The van der Waals surface area contributed by atoms with E-state index in [1.54, 1.807) is 12.4 Å². The fraction of sp³-hybridized carbons (Fsp3) is 0.250. The number of hydrogen-bond acceptors (Lipinski definition) is 3. The summed E-state index contributed by atoms with van der Waals surface area (Å²) >= 11 is 0. The Morgan fingerprint density at radius 1 is 1.08 bits per heavy atom. The molecule has 5 nitrogen and oxygen atoms in total. The summed E-state index contributed by atoms with van der Waals surface area (Å²) in [5, 5.41) is 2.97. The zero-order valence-electron chi connectivity index (χ0n) is 14.4. The number of rotatable bonds is 7. The standard InChI is InChI=1S/C20H22N4O/c1-16-14-23-19(24(16)15-18-5-3-2-4-6-18)9-12-22-20(25)13-17-7-10-21-11-8-17/h2-8,10-11,14H,9,12-13,15H2,1H3,(H,22,25). The van der Waals surface area contributed by atoms with Crippen molar-refractivity contribution in [2.45, 2.75) is 26.3 Å². The summed E-state index contributed by atoms with van der Waals surface area (Å²) in [4.78, 5) is 20.5. The van der Waals surface area contributed by atoms with Crippen LogP contribution in [0.3, 0.4) is 0 Å². The number of carbonyl (C=O) groups excluding carboxylic acids is 1. The van der Waals surface area contributed by atoms with Gasteiger partial charge >= 0.3 is 0 Å². The monoisotopic (exact) mass is 334 g/mol. The van der Waals surface area contributed by atoms with Crippen LogP contribution in [0.5, 0.6) is 0 Å². The Kier molecular flexibility index (Phi) is 5.57. The molecule has 0 aliphatic rings. The molecule has 0 bridgehead atoms. The number of nitrogens with zero attached hydrogens (tertiary/aromatic N) is 3. The summed E-state index contributed by atoms with van der Waals surface area (Å²) < 4.78 is 2.20. The number of benzene rings is 1. The van der Waals surface area contributed by atoms with Crippen molar-refractivity contribution in [1.29, 1.82) is 0 Å². The zero-order valence-corrected chi connectivity index (χ0v) is 14.4. The number of amides is 1. The Balaban J connectivity index is 1.54. The lowest BCUT2D eigenvalue weighted by Gasteiger charge is -2.11. The van der Waals surface area contributed by atoms with Crippen LogP contribution in [0, 0.1) is 6.92 Å². The molecule has 3 rings (SSSR count). The molecular formula is C20H22N4O. The number of hydrogen-bond donors (Lipinski definition) is 1. The first kappa shape index (κ1) is 16.9. The lowest BCUT2D eigenvalue weighted by atomic mass is 10.2. The second kappa shape index (κ2) is 8.24. The zero-order chi connectivity index (χ0) is 17.5. The Labute approximate surface area is 147 Å². The van der Waals surface area contributed by atoms with Crippen LogP contribution >= 0.6 is 0 Å². The summed E-state index contributed by atoms with van der Waals surface area (Å²) in [7, 11) is 0. The van der Waals surface area contributed by atoms with Gasteiger partial charge in [-0.25, -0.2) is 4.98 Å². The van der Waals surface area contributed by atoms with Crippen molar-refractivity contribution in [3.05, 3.63) is 83.7 Å². The molecule has 0 fully saturated rings. The number of pyridine rings is 1. The Hall–Kier alpha value is -2.95. The van der Waals surface area contributed by atoms with Gasteiger partial charge in [0, 0.05) is 43.8 Å². The predicted molar refractivity (Wildman–Crippen MR) is 97.2 cm³/mol. The fourth-order valence-corrected chi connectivity index (χ4v) is 2.75. The van der Waals surface area contributed by atoms with Crippen LogP contribution in [0.4, 0.5) is 0 Å². The minimum absolute atomic E-state index is 0.0177. The summed E-state index contributed by atoms with van der Waals surface area (Å²) in [6.07, 6.45) is 6.37. The quantitative estimate of drug-likeness (QED) is 0.722. The summed E-state index contributed by atoms with van der Waals surface area (Å²) in [5.74, 6) is 1.01. The molecule has 0 spiro atoms. The molecule has 0 atom stereocenters. The number of nitrogens with one attached hydrogen (secondary N) is 1. The van der Waals surface area contributed by atoms with Gasteiger partial charge < -0.3 is 9.88 Å². The number of aromatic nitrogens is 3. The van der Waals surface area contributed by atoms with E-state index in [2.05, 4.69) is 38.9 Å². The maximum Gasteiger partial charge on any atom is 0.224 e. The van der Waals surface area contributed by atoms with E-state index in [1.165, 1.54) is 5.56 Å². The first-order chi connectivity index (χ1) is 12.2. The Bertz CT molecular complexity index is 812. The minimum atomic E-state index is 0.0177. The summed E-state index contributed by atoms with van der Waals surface area (Å²) in [6, 6.07) is 14.0. The lowest BCUT2D eigenvalue weighted by molar-refractivity contribution is -0.120. The van der Waals surface area contributed by atoms with Crippen LogP contribution in [0.1, 0.15) is 22.6 Å². The molecule has 0 radical (unpaired) electrons. The van der Waals surface area contributed by atoms with Crippen molar-refractivity contribution < 1.29 is 4.79 Å². The SMILES string of the molecule is Cc1cnc(CCNC(=O)Cc2ccncc2)n1Cc1ccccc1. The van der Waals surface area contributed by atoms with Gasteiger partial charge in [0.2, 0.25) is 5.91 Å². The van der Waals surface area contributed by atoms with Crippen LogP contribution in [-0.2, 0) is 24.2 Å². The normalized spacial score (nSPS) is 10.6. The van der Waals surface area contributed by atoms with E-state index in [-0.39, 0.29) is 5.91 Å². The number of aryl methyl sites for hydroxylation is 1. The second-order valence-corrected chi connectivity index (χ2v) is 6.02. The van der Waals surface area contributed by atoms with Gasteiger partial charge in [-0.15, -0.1) is 0 Å². The van der Waals surface area contributed by atoms with Gasteiger partial charge in [0.05, 0.1) is 6.42 Å². The highest BCUT2D eigenvalue weighted by Crippen LogP contribution is 2.10. The molecule has 0 aliphatic heterocycles. The first-order valence-corrected chi connectivity index (χ1v) is 8.43. The van der Waals surface area contributed by atoms with E-state index in [4.69, 9.17) is 0 Å². The predicted octanol–water partition coefficient (Wildman–Crippen LogP) is 2.54. The molecule has 1 aromatic carbocycles. The smallest absolute Gasteiger partial charge is 0.224 e. The molecule has 0 unspecified atom stereocenters. The molecule has 5 heteroatoms. The summed E-state index contributed by atoms with van der Waals surface area (Å²) in [5.41, 5.74) is 3.34. The molecule has 2 heterocycles. The first-order valence-electron chi connectivity index (χ1n) is 8.43. The lowest BCUT2D eigenvalue weighted by Crippen LogP contribution is -2.28. The summed E-state index contributed by atoms with van der Waals surface area (Å²) in [6.45, 7) is 3.43. The molecule has 128 valence electrons. The number of imidazole rings is 1. The third-order valence-corrected chi connectivity index (χ3v) is 4.11. The van der Waals surface area contributed by atoms with Gasteiger partial charge in [0.25, 0.3) is 0 Å². The molecule has 2 aromatic heterocycles. The molecule has 3 aromatic rings. The van der Waals surface area contributed by atoms with Crippen LogP contribution in [0.25, 0.3) is 0 Å². The van der Waals surface area contributed by atoms with Gasteiger partial charge in [0.15, 0.2) is 0 Å². The third-order valence-electron chi connectivity index (χ3n) is 4.11. The largest absolute Gasteiger partial charge is 0.355 e. The Morgan fingerprint density at radius 3 is 2.60 bits per heavy atom. The molecular weight excluding hydrogens is 312 g/mol. The third kappa shape index (κ3) is 4.76. The van der Waals surface area contributed by atoms with Crippen molar-refractivity contribution in [2.24, 2.45) is 0 Å². The van der Waals surface area contributed by atoms with Crippen molar-refractivity contribution in [2.75, 3.05) is 6.54 Å². The van der Waals surface area contributed by atoms with E-state index in [1.807, 2.05) is 36.5 Å². The van der Waals surface area contributed by atoms with Crippen LogP contribution in [-0.4, -0.2) is 27.0 Å². The molecule has 0 aliphatic carbocycles. The maximum absolute atomic E-state index is 12.0. The molecule has 1 amide bonds. The van der Waals surface area contributed by atoms with Gasteiger partial charge in [-0.1, -0.05) is 30.3 Å². The van der Waals surface area contributed by atoms with E-state index in [0.29, 0.717) is 19.4 Å². The van der Waals surface area contributed by atoms with E-state index < -0.39 is 0 Å². The van der Waals surface area contributed by atoms with Crippen LogP contribution in [0.15, 0.2) is 61.1 Å². The maximum atomic E-state index is 12.0. The van der Waals surface area contributed by atoms with Crippen molar-refractivity contribution in [3.63, 3.8) is 0 Å². The van der Waals surface area contributed by atoms with E-state index in [9.17, 15) is 4.79 Å². The molecule has 25 heavy (non-hydrogen) atoms. The molecule has 0 saturated carbocycles. The van der Waals surface area contributed by atoms with Gasteiger partial charge in [0.1, 0.15) is 5.82 Å². The topological polar surface area (TPSA) is 59.8 Å². The van der Waals surface area contributed by atoms with Gasteiger partial charge in [-0.2, -0.15) is 0 Å². The average Bonchev–Trinajstić information content (AvgIpc) is 2.97. The van der Waals surface area contributed by atoms with E-state index >= 15 is 0 Å². The Morgan fingerprint density at radius 2 is 1.84 bits per heavy atom. The van der Waals surface area contributed by atoms with Crippen LogP contribution < -0.4 is 5.32 Å². The van der Waals surface area contributed by atoms with Crippen molar-refractivity contribution >= 4 is 5.91 Å². The van der Waals surface area contributed by atoms with Gasteiger partial charge in [-0.3, -0.25) is 9.78 Å². The number of carbonyl (C=O) groups is 1. The van der Waals surface area contributed by atoms with Crippen LogP contribution in [0.2, 0.25) is 0 Å².